The van der Waals surface area contributed by atoms with Crippen LogP contribution in [-0.2, 0) is 0 Å². The molecule has 1 amide bonds. The molecule has 0 aliphatic carbocycles. The van der Waals surface area contributed by atoms with Gasteiger partial charge in [-0.2, -0.15) is 5.26 Å². The van der Waals surface area contributed by atoms with Gasteiger partial charge < -0.3 is 10.5 Å². The molecule has 0 aliphatic rings. The van der Waals surface area contributed by atoms with Crippen molar-refractivity contribution in [3.63, 3.8) is 0 Å². The first-order valence-electron chi connectivity index (χ1n) is 8.70. The van der Waals surface area contributed by atoms with E-state index in [4.69, 9.17) is 0 Å². The second-order valence-electron chi connectivity index (χ2n) is 6.38. The molecule has 2 aromatic heterocycles. The average molecular weight is 385 g/mol. The van der Waals surface area contributed by atoms with E-state index in [1.54, 1.807) is 37.3 Å². The van der Waals surface area contributed by atoms with E-state index in [-0.39, 0.29) is 27.7 Å². The van der Waals surface area contributed by atoms with Crippen LogP contribution >= 0.6 is 0 Å². The Bertz CT molecular complexity index is 1430. The molecular weight excluding hydrogens is 370 g/mol. The maximum atomic E-state index is 13.1. The molecule has 4 aromatic rings. The maximum absolute atomic E-state index is 13.1. The number of nitrogens with zero attached hydrogens (tertiary/aromatic N) is 3. The van der Waals surface area contributed by atoms with Crippen molar-refractivity contribution in [2.45, 2.75) is 6.92 Å². The zero-order valence-electron chi connectivity index (χ0n) is 15.3. The van der Waals surface area contributed by atoms with Gasteiger partial charge >= 0.3 is 0 Å². The molecule has 0 bridgehead atoms. The topological polar surface area (TPSA) is 120 Å². The molecule has 0 saturated carbocycles. The van der Waals surface area contributed by atoms with E-state index in [9.17, 15) is 20.0 Å². The number of carbonyl (C=O) groups is 1. The highest BCUT2D eigenvalue weighted by Crippen LogP contribution is 2.17. The largest absolute Gasteiger partial charge is 0.508 e. The Kier molecular flexibility index (Phi) is 4.33. The van der Waals surface area contributed by atoms with Gasteiger partial charge in [-0.1, -0.05) is 18.2 Å². The normalized spacial score (nSPS) is 11.5. The Morgan fingerprint density at radius 3 is 2.79 bits per heavy atom. The van der Waals surface area contributed by atoms with E-state index in [1.165, 1.54) is 22.7 Å². The van der Waals surface area contributed by atoms with Crippen LogP contribution in [0.5, 0.6) is 5.75 Å². The highest BCUT2D eigenvalue weighted by atomic mass is 16.3. The number of hydrogen-bond donors (Lipinski definition) is 3. The van der Waals surface area contributed by atoms with Crippen LogP contribution in [0.2, 0.25) is 0 Å². The molecule has 8 heteroatoms. The van der Waals surface area contributed by atoms with E-state index >= 15 is 0 Å². The maximum Gasteiger partial charge on any atom is 0.269 e. The smallest absolute Gasteiger partial charge is 0.269 e. The third-order valence-electron chi connectivity index (χ3n) is 4.62. The summed E-state index contributed by atoms with van der Waals surface area (Å²) in [5.41, 5.74) is 7.20. The Labute approximate surface area is 164 Å². The lowest BCUT2D eigenvalue weighted by atomic mass is 10.1. The van der Waals surface area contributed by atoms with Gasteiger partial charge in [0.05, 0.1) is 21.8 Å². The molecule has 0 spiro atoms. The predicted molar refractivity (Wildman–Crippen MR) is 107 cm³/mol. The molecule has 8 nitrogen and oxygen atoms in total. The lowest BCUT2D eigenvalue weighted by molar-refractivity contribution is 0.0943. The highest BCUT2D eigenvalue weighted by molar-refractivity contribution is 5.94. The third kappa shape index (κ3) is 3.00. The average Bonchev–Trinajstić information content (AvgIpc) is 3.10. The van der Waals surface area contributed by atoms with Crippen LogP contribution in [-0.4, -0.2) is 20.4 Å². The molecule has 29 heavy (non-hydrogen) atoms. The minimum absolute atomic E-state index is 0.0320. The zero-order valence-corrected chi connectivity index (χ0v) is 15.3. The first-order chi connectivity index (χ1) is 14.0. The molecule has 142 valence electrons. The Morgan fingerprint density at radius 2 is 2.03 bits per heavy atom. The number of phenols is 1. The van der Waals surface area contributed by atoms with Gasteiger partial charge in [0.25, 0.3) is 11.5 Å². The summed E-state index contributed by atoms with van der Waals surface area (Å²) >= 11 is 0. The van der Waals surface area contributed by atoms with E-state index in [0.717, 1.165) is 0 Å². The van der Waals surface area contributed by atoms with E-state index in [2.05, 4.69) is 21.9 Å². The van der Waals surface area contributed by atoms with Crippen LogP contribution in [0.1, 0.15) is 21.5 Å². The molecule has 0 saturated heterocycles. The molecule has 2 heterocycles. The van der Waals surface area contributed by atoms with Crippen LogP contribution in [0.4, 0.5) is 0 Å². The number of benzene rings is 2. The fourth-order valence-corrected chi connectivity index (χ4v) is 3.18. The van der Waals surface area contributed by atoms with Crippen LogP contribution in [0, 0.1) is 18.3 Å². The van der Waals surface area contributed by atoms with Crippen molar-refractivity contribution in [1.29, 1.82) is 5.26 Å². The standard InChI is InChI=1S/C21H15N5O3/c1-12-15(10-22)19-24-17-7-2-3-8-18(17)26(19)21(29)16(12)11-23-25-20(28)13-5-4-6-14(27)9-13/h2-9,11,23,27H,1H3,(H,25,28). The Balaban J connectivity index is 1.79. The number of phenolic OH excluding ortho intramolecular Hbond substituents is 1. The first-order valence-corrected chi connectivity index (χ1v) is 8.70. The van der Waals surface area contributed by atoms with Crippen molar-refractivity contribution >= 4 is 28.8 Å². The van der Waals surface area contributed by atoms with Crippen LogP contribution in [0.15, 0.2) is 53.3 Å². The highest BCUT2D eigenvalue weighted by Gasteiger charge is 2.16. The molecule has 4 rings (SSSR count). The number of nitriles is 1. The second-order valence-corrected chi connectivity index (χ2v) is 6.38. The van der Waals surface area contributed by atoms with Crippen LogP contribution in [0.3, 0.4) is 0 Å². The minimum Gasteiger partial charge on any atom is -0.508 e. The van der Waals surface area contributed by atoms with Crippen molar-refractivity contribution < 1.29 is 9.90 Å². The van der Waals surface area contributed by atoms with Crippen molar-refractivity contribution in [2.24, 2.45) is 0 Å². The SMILES string of the molecule is Cc1c(C#N)c2nc3ccccc3n2c(=O)c1=CNNC(=O)c1cccc(O)c1. The first kappa shape index (κ1) is 18.0. The van der Waals surface area contributed by atoms with Gasteiger partial charge in [0, 0.05) is 11.8 Å². The van der Waals surface area contributed by atoms with Crippen molar-refractivity contribution in [3.8, 4) is 11.8 Å². The number of carbonyl (C=O) groups excluding carboxylic acids is 1. The number of aromatic hydroxyl groups is 1. The summed E-state index contributed by atoms with van der Waals surface area (Å²) < 4.78 is 1.39. The fourth-order valence-electron chi connectivity index (χ4n) is 3.18. The summed E-state index contributed by atoms with van der Waals surface area (Å²) in [6.45, 7) is 1.66. The fraction of sp³-hybridized carbons (Fsp3) is 0.0476. The zero-order chi connectivity index (χ0) is 20.5. The Morgan fingerprint density at radius 1 is 1.24 bits per heavy atom. The number of imidazole rings is 1. The van der Waals surface area contributed by atoms with Crippen LogP contribution in [0.25, 0.3) is 22.9 Å². The summed E-state index contributed by atoms with van der Waals surface area (Å²) in [6.07, 6.45) is 1.34. The summed E-state index contributed by atoms with van der Waals surface area (Å²) in [5, 5.41) is 19.3. The third-order valence-corrected chi connectivity index (χ3v) is 4.62. The van der Waals surface area contributed by atoms with Crippen molar-refractivity contribution in [1.82, 2.24) is 20.2 Å². The van der Waals surface area contributed by atoms with Crippen molar-refractivity contribution in [2.75, 3.05) is 0 Å². The molecule has 0 aliphatic heterocycles. The number of pyridine rings is 1. The van der Waals surface area contributed by atoms with Gasteiger partial charge in [0.1, 0.15) is 11.8 Å². The van der Waals surface area contributed by atoms with Gasteiger partial charge in [0.15, 0.2) is 5.65 Å². The number of para-hydroxylation sites is 2. The summed E-state index contributed by atoms with van der Waals surface area (Å²) in [7, 11) is 0. The van der Waals surface area contributed by atoms with Gasteiger partial charge in [-0.05, 0) is 42.8 Å². The number of aromatic nitrogens is 2. The number of amides is 1. The molecule has 2 aromatic carbocycles. The molecule has 0 radical (unpaired) electrons. The monoisotopic (exact) mass is 385 g/mol. The van der Waals surface area contributed by atoms with Gasteiger partial charge in [0.2, 0.25) is 0 Å². The minimum atomic E-state index is -0.489. The molecule has 0 unspecified atom stereocenters. The van der Waals surface area contributed by atoms with E-state index < -0.39 is 5.91 Å². The van der Waals surface area contributed by atoms with Gasteiger partial charge in [-0.15, -0.1) is 0 Å². The second kappa shape index (κ2) is 6.98. The summed E-state index contributed by atoms with van der Waals surface area (Å²) in [5.74, 6) is -0.521. The quantitative estimate of drug-likeness (QED) is 0.455. The molecular formula is C21H15N5O3. The van der Waals surface area contributed by atoms with Gasteiger partial charge in [-0.25, -0.2) is 4.98 Å². The summed E-state index contributed by atoms with van der Waals surface area (Å²) in [4.78, 5) is 29.7. The van der Waals surface area contributed by atoms with E-state index in [0.29, 0.717) is 22.2 Å². The molecule has 3 N–H and O–H groups in total. The predicted octanol–water partition coefficient (Wildman–Crippen LogP) is 1.12. The summed E-state index contributed by atoms with van der Waals surface area (Å²) in [6, 6.07) is 15.1. The molecule has 0 atom stereocenters. The number of rotatable bonds is 3. The number of hydrogen-bond acceptors (Lipinski definition) is 6. The Hall–Kier alpha value is -4.38. The number of fused-ring (bicyclic) bond motifs is 3. The van der Waals surface area contributed by atoms with Crippen molar-refractivity contribution in [3.05, 3.63) is 80.8 Å². The lowest BCUT2D eigenvalue weighted by Gasteiger charge is -2.06. The van der Waals surface area contributed by atoms with Crippen LogP contribution < -0.4 is 21.6 Å². The van der Waals surface area contributed by atoms with Gasteiger partial charge in [-0.3, -0.25) is 19.4 Å². The number of hydrazine groups is 1. The number of nitrogens with one attached hydrogen (secondary N) is 2. The molecule has 0 fully saturated rings. The lowest BCUT2D eigenvalue weighted by Crippen LogP contribution is -2.40. The van der Waals surface area contributed by atoms with E-state index in [1.807, 2.05) is 6.07 Å².